The van der Waals surface area contributed by atoms with Crippen molar-refractivity contribution in [2.75, 3.05) is 17.3 Å². The van der Waals surface area contributed by atoms with Crippen LogP contribution in [0.15, 0.2) is 72.8 Å². The number of halogens is 2. The third-order valence-corrected chi connectivity index (χ3v) is 4.40. The lowest BCUT2D eigenvalue weighted by molar-refractivity contribution is 0.0991. The summed E-state index contributed by atoms with van der Waals surface area (Å²) in [6.45, 7) is 0. The van der Waals surface area contributed by atoms with Crippen LogP contribution in [0.1, 0.15) is 20.7 Å². The maximum absolute atomic E-state index is 12.6. The molecule has 0 aliphatic heterocycles. The summed E-state index contributed by atoms with van der Waals surface area (Å²) in [6.07, 6.45) is 0. The predicted octanol–water partition coefficient (Wildman–Crippen LogP) is 5.52. The van der Waals surface area contributed by atoms with Gasteiger partial charge < -0.3 is 10.2 Å². The first-order chi connectivity index (χ1) is 12.9. The minimum atomic E-state index is -0.333. The van der Waals surface area contributed by atoms with Crippen LogP contribution in [0.2, 0.25) is 10.0 Å². The molecule has 0 spiro atoms. The molecule has 1 N–H and O–H groups in total. The van der Waals surface area contributed by atoms with E-state index in [9.17, 15) is 9.59 Å². The minimum absolute atomic E-state index is 0.138. The molecule has 3 rings (SSSR count). The standard InChI is InChI=1S/C21H16Cl2N2O2/c1-25(19-5-3-2-4-6-19)21(27)14-7-9-18(10-8-14)24-20(26)15-11-16(22)13-17(23)12-15/h2-13H,1H3,(H,24,26). The van der Waals surface area contributed by atoms with Gasteiger partial charge in [0.15, 0.2) is 0 Å². The Morgan fingerprint density at radius 1 is 0.815 bits per heavy atom. The van der Waals surface area contributed by atoms with Gasteiger partial charge in [0.25, 0.3) is 11.8 Å². The summed E-state index contributed by atoms with van der Waals surface area (Å²) in [5.41, 5.74) is 2.24. The van der Waals surface area contributed by atoms with E-state index >= 15 is 0 Å². The Bertz CT molecular complexity index is 953. The van der Waals surface area contributed by atoms with E-state index in [0.717, 1.165) is 5.69 Å². The van der Waals surface area contributed by atoms with Gasteiger partial charge in [-0.25, -0.2) is 0 Å². The van der Waals surface area contributed by atoms with Gasteiger partial charge in [0.2, 0.25) is 0 Å². The predicted molar refractivity (Wildman–Crippen MR) is 110 cm³/mol. The summed E-state index contributed by atoms with van der Waals surface area (Å²) >= 11 is 11.9. The van der Waals surface area contributed by atoms with Gasteiger partial charge in [-0.05, 0) is 54.6 Å². The molecule has 0 fully saturated rings. The first kappa shape index (κ1) is 19.0. The fourth-order valence-electron chi connectivity index (χ4n) is 2.55. The molecule has 0 aliphatic rings. The Kier molecular flexibility index (Phi) is 5.79. The molecule has 3 aromatic carbocycles. The number of amides is 2. The molecule has 136 valence electrons. The number of para-hydroxylation sites is 1. The van der Waals surface area contributed by atoms with E-state index in [0.29, 0.717) is 26.9 Å². The van der Waals surface area contributed by atoms with E-state index in [-0.39, 0.29) is 11.8 Å². The number of hydrogen-bond donors (Lipinski definition) is 1. The van der Waals surface area contributed by atoms with Crippen LogP contribution in [0.5, 0.6) is 0 Å². The lowest BCUT2D eigenvalue weighted by atomic mass is 10.1. The number of benzene rings is 3. The van der Waals surface area contributed by atoms with Crippen LogP contribution < -0.4 is 10.2 Å². The normalized spacial score (nSPS) is 10.3. The number of carbonyl (C=O) groups excluding carboxylic acids is 2. The van der Waals surface area contributed by atoms with Gasteiger partial charge in [0.1, 0.15) is 0 Å². The quantitative estimate of drug-likeness (QED) is 0.628. The first-order valence-electron chi connectivity index (χ1n) is 8.14. The Labute approximate surface area is 167 Å². The average molecular weight is 399 g/mol. The molecule has 0 atom stereocenters. The van der Waals surface area contributed by atoms with Crippen molar-refractivity contribution in [2.45, 2.75) is 0 Å². The topological polar surface area (TPSA) is 49.4 Å². The molecular formula is C21H16Cl2N2O2. The number of nitrogens with one attached hydrogen (secondary N) is 1. The number of nitrogens with zero attached hydrogens (tertiary/aromatic N) is 1. The summed E-state index contributed by atoms with van der Waals surface area (Å²) in [5.74, 6) is -0.472. The highest BCUT2D eigenvalue weighted by atomic mass is 35.5. The second kappa shape index (κ2) is 8.25. The maximum atomic E-state index is 12.6. The van der Waals surface area contributed by atoms with E-state index in [1.807, 2.05) is 30.3 Å². The monoisotopic (exact) mass is 398 g/mol. The molecule has 27 heavy (non-hydrogen) atoms. The summed E-state index contributed by atoms with van der Waals surface area (Å²) in [5, 5.41) is 3.53. The average Bonchev–Trinajstić information content (AvgIpc) is 2.67. The van der Waals surface area contributed by atoms with Crippen LogP contribution in [-0.4, -0.2) is 18.9 Å². The Balaban J connectivity index is 1.71. The van der Waals surface area contributed by atoms with Crippen LogP contribution in [0, 0.1) is 0 Å². The smallest absolute Gasteiger partial charge is 0.258 e. The molecule has 0 heterocycles. The zero-order chi connectivity index (χ0) is 19.4. The zero-order valence-electron chi connectivity index (χ0n) is 14.4. The summed E-state index contributed by atoms with van der Waals surface area (Å²) in [4.78, 5) is 26.5. The molecule has 0 unspecified atom stereocenters. The maximum Gasteiger partial charge on any atom is 0.258 e. The molecule has 4 nitrogen and oxygen atoms in total. The third kappa shape index (κ3) is 4.67. The van der Waals surface area contributed by atoms with E-state index < -0.39 is 0 Å². The number of carbonyl (C=O) groups is 2. The minimum Gasteiger partial charge on any atom is -0.322 e. The van der Waals surface area contributed by atoms with Crippen molar-refractivity contribution in [3.05, 3.63) is 94.0 Å². The Hall–Kier alpha value is -2.82. The number of rotatable bonds is 4. The second-order valence-electron chi connectivity index (χ2n) is 5.89. The summed E-state index contributed by atoms with van der Waals surface area (Å²) in [7, 11) is 1.72. The molecule has 0 aromatic heterocycles. The van der Waals surface area contributed by atoms with Crippen molar-refractivity contribution in [3.63, 3.8) is 0 Å². The van der Waals surface area contributed by atoms with E-state index in [2.05, 4.69) is 5.32 Å². The van der Waals surface area contributed by atoms with Crippen molar-refractivity contribution in [1.29, 1.82) is 0 Å². The molecule has 0 aliphatic carbocycles. The van der Waals surface area contributed by atoms with Gasteiger partial charge in [-0.1, -0.05) is 41.4 Å². The van der Waals surface area contributed by atoms with Crippen molar-refractivity contribution in [2.24, 2.45) is 0 Å². The van der Waals surface area contributed by atoms with Crippen molar-refractivity contribution in [1.82, 2.24) is 0 Å². The molecule has 0 bridgehead atoms. The lowest BCUT2D eigenvalue weighted by Crippen LogP contribution is -2.26. The molecule has 6 heteroatoms. The zero-order valence-corrected chi connectivity index (χ0v) is 16.0. The fraction of sp³-hybridized carbons (Fsp3) is 0.0476. The lowest BCUT2D eigenvalue weighted by Gasteiger charge is -2.17. The number of hydrogen-bond acceptors (Lipinski definition) is 2. The van der Waals surface area contributed by atoms with Gasteiger partial charge >= 0.3 is 0 Å². The highest BCUT2D eigenvalue weighted by Crippen LogP contribution is 2.21. The molecule has 3 aromatic rings. The summed E-state index contributed by atoms with van der Waals surface area (Å²) < 4.78 is 0. The van der Waals surface area contributed by atoms with E-state index in [1.54, 1.807) is 42.3 Å². The van der Waals surface area contributed by atoms with Crippen LogP contribution in [0.4, 0.5) is 11.4 Å². The largest absolute Gasteiger partial charge is 0.322 e. The fourth-order valence-corrected chi connectivity index (χ4v) is 3.07. The highest BCUT2D eigenvalue weighted by Gasteiger charge is 2.14. The van der Waals surface area contributed by atoms with Crippen LogP contribution >= 0.6 is 23.2 Å². The molecule has 0 radical (unpaired) electrons. The molecule has 0 saturated heterocycles. The van der Waals surface area contributed by atoms with Crippen LogP contribution in [0.25, 0.3) is 0 Å². The van der Waals surface area contributed by atoms with Gasteiger partial charge in [-0.2, -0.15) is 0 Å². The Morgan fingerprint density at radius 2 is 1.41 bits per heavy atom. The first-order valence-corrected chi connectivity index (χ1v) is 8.90. The van der Waals surface area contributed by atoms with Crippen molar-refractivity contribution < 1.29 is 9.59 Å². The second-order valence-corrected chi connectivity index (χ2v) is 6.76. The summed E-state index contributed by atoms with van der Waals surface area (Å²) in [6, 6.07) is 20.7. The molecular weight excluding hydrogens is 383 g/mol. The van der Waals surface area contributed by atoms with E-state index in [4.69, 9.17) is 23.2 Å². The van der Waals surface area contributed by atoms with Gasteiger partial charge in [0.05, 0.1) is 0 Å². The van der Waals surface area contributed by atoms with Gasteiger partial charge in [-0.15, -0.1) is 0 Å². The SMILES string of the molecule is CN(C(=O)c1ccc(NC(=O)c2cc(Cl)cc(Cl)c2)cc1)c1ccccc1. The van der Waals surface area contributed by atoms with Crippen LogP contribution in [-0.2, 0) is 0 Å². The number of anilines is 2. The van der Waals surface area contributed by atoms with Gasteiger partial charge in [-0.3, -0.25) is 9.59 Å². The van der Waals surface area contributed by atoms with Crippen LogP contribution in [0.3, 0.4) is 0 Å². The Morgan fingerprint density at radius 3 is 2.00 bits per heavy atom. The molecule has 2 amide bonds. The third-order valence-electron chi connectivity index (χ3n) is 3.96. The van der Waals surface area contributed by atoms with Crippen molar-refractivity contribution in [3.8, 4) is 0 Å². The van der Waals surface area contributed by atoms with E-state index in [1.165, 1.54) is 12.1 Å². The highest BCUT2D eigenvalue weighted by molar-refractivity contribution is 6.35. The van der Waals surface area contributed by atoms with Crippen molar-refractivity contribution >= 4 is 46.4 Å². The molecule has 0 saturated carbocycles. The van der Waals surface area contributed by atoms with Gasteiger partial charge in [0, 0.05) is 39.6 Å².